The summed E-state index contributed by atoms with van der Waals surface area (Å²) in [4.78, 5) is 11.5. The summed E-state index contributed by atoms with van der Waals surface area (Å²) in [5.41, 5.74) is 0.829. The van der Waals surface area contributed by atoms with Crippen LogP contribution in [0.2, 0.25) is 0 Å². The summed E-state index contributed by atoms with van der Waals surface area (Å²) in [6.45, 7) is -0.00893. The summed E-state index contributed by atoms with van der Waals surface area (Å²) in [6, 6.07) is 6.39. The molecule has 6 nitrogen and oxygen atoms in total. The predicted octanol–water partition coefficient (Wildman–Crippen LogP) is 2.40. The molecular formula is C20H20F2N2O4. The van der Waals surface area contributed by atoms with Crippen LogP contribution in [0.4, 0.5) is 14.5 Å². The van der Waals surface area contributed by atoms with Crippen LogP contribution < -0.4 is 15.4 Å². The van der Waals surface area contributed by atoms with Crippen molar-refractivity contribution in [2.24, 2.45) is 0 Å². The molecule has 8 heteroatoms. The monoisotopic (exact) mass is 390 g/mol. The Kier molecular flexibility index (Phi) is 4.68. The number of anilines is 1. The van der Waals surface area contributed by atoms with Gasteiger partial charge in [-0.25, -0.2) is 8.78 Å². The summed E-state index contributed by atoms with van der Waals surface area (Å²) in [5, 5.41) is 26.3. The number of hydrogen-bond acceptors (Lipinski definition) is 5. The number of aliphatic hydroxyl groups excluding tert-OH is 1. The first kappa shape index (κ1) is 18.6. The number of ether oxygens (including phenoxy) is 1. The van der Waals surface area contributed by atoms with Gasteiger partial charge >= 0.3 is 0 Å². The van der Waals surface area contributed by atoms with E-state index in [1.807, 2.05) is 0 Å². The summed E-state index contributed by atoms with van der Waals surface area (Å²) >= 11 is 0. The highest BCUT2D eigenvalue weighted by Crippen LogP contribution is 2.43. The minimum atomic E-state index is -0.953. The van der Waals surface area contributed by atoms with E-state index in [2.05, 4.69) is 10.6 Å². The number of fused-ring (bicyclic) bond motifs is 1. The maximum Gasteiger partial charge on any atom is 0.262 e. The Bertz CT molecular complexity index is 910. The highest BCUT2D eigenvalue weighted by molar-refractivity contribution is 5.97. The van der Waals surface area contributed by atoms with Crippen molar-refractivity contribution in [2.75, 3.05) is 18.5 Å². The van der Waals surface area contributed by atoms with Crippen LogP contribution in [0.1, 0.15) is 30.1 Å². The number of hydrogen-bond donors (Lipinski definition) is 4. The molecule has 0 bridgehead atoms. The molecule has 1 fully saturated rings. The van der Waals surface area contributed by atoms with Crippen LogP contribution >= 0.6 is 0 Å². The Labute approximate surface area is 160 Å². The van der Waals surface area contributed by atoms with Gasteiger partial charge in [0.15, 0.2) is 12.4 Å². The lowest BCUT2D eigenvalue weighted by atomic mass is 10.0. The SMILES string of the molecule is O=C1COc2c(C(O)CNC3(Cc4cc(F)cc(F)c4)CC3)ccc(O)c2N1. The van der Waals surface area contributed by atoms with Gasteiger partial charge in [-0.1, -0.05) is 0 Å². The van der Waals surface area contributed by atoms with E-state index in [0.717, 1.165) is 18.9 Å². The molecule has 0 spiro atoms. The Balaban J connectivity index is 1.45. The fourth-order valence-corrected chi connectivity index (χ4v) is 3.53. The third-order valence-electron chi connectivity index (χ3n) is 5.13. The minimum absolute atomic E-state index is 0.140. The number of rotatable bonds is 6. The van der Waals surface area contributed by atoms with Crippen molar-refractivity contribution < 1.29 is 28.5 Å². The lowest BCUT2D eigenvalue weighted by Crippen LogP contribution is -2.37. The van der Waals surface area contributed by atoms with E-state index in [0.29, 0.717) is 17.5 Å². The first-order valence-electron chi connectivity index (χ1n) is 9.02. The number of nitrogens with one attached hydrogen (secondary N) is 2. The lowest BCUT2D eigenvalue weighted by molar-refractivity contribution is -0.118. The van der Waals surface area contributed by atoms with Crippen molar-refractivity contribution in [2.45, 2.75) is 30.9 Å². The number of amides is 1. The molecule has 2 aliphatic rings. The second-order valence-corrected chi connectivity index (χ2v) is 7.35. The number of halogens is 2. The number of carbonyl (C=O) groups excluding carboxylic acids is 1. The summed E-state index contributed by atoms with van der Waals surface area (Å²) < 4.78 is 32.2. The lowest BCUT2D eigenvalue weighted by Gasteiger charge is -2.25. The molecule has 28 heavy (non-hydrogen) atoms. The van der Waals surface area contributed by atoms with Crippen molar-refractivity contribution in [1.82, 2.24) is 5.32 Å². The van der Waals surface area contributed by atoms with Crippen LogP contribution in [0.25, 0.3) is 0 Å². The van der Waals surface area contributed by atoms with Gasteiger partial charge in [-0.15, -0.1) is 0 Å². The van der Waals surface area contributed by atoms with Gasteiger partial charge in [0.05, 0.1) is 6.10 Å². The van der Waals surface area contributed by atoms with Crippen LogP contribution in [-0.2, 0) is 11.2 Å². The van der Waals surface area contributed by atoms with Gasteiger partial charge in [-0.2, -0.15) is 0 Å². The second kappa shape index (κ2) is 7.03. The fraction of sp³-hybridized carbons (Fsp3) is 0.350. The molecule has 2 aromatic carbocycles. The number of aromatic hydroxyl groups is 1. The molecule has 0 aromatic heterocycles. The molecular weight excluding hydrogens is 370 g/mol. The zero-order valence-corrected chi connectivity index (χ0v) is 15.0. The maximum atomic E-state index is 13.4. The van der Waals surface area contributed by atoms with Gasteiger partial charge in [-0.3, -0.25) is 4.79 Å². The van der Waals surface area contributed by atoms with Crippen molar-refractivity contribution in [3.63, 3.8) is 0 Å². The molecule has 1 amide bonds. The van der Waals surface area contributed by atoms with E-state index in [9.17, 15) is 23.8 Å². The zero-order valence-electron chi connectivity index (χ0n) is 15.0. The molecule has 148 valence electrons. The van der Waals surface area contributed by atoms with Crippen molar-refractivity contribution >= 4 is 11.6 Å². The molecule has 0 saturated heterocycles. The fourth-order valence-electron chi connectivity index (χ4n) is 3.53. The summed E-state index contributed by atoms with van der Waals surface area (Å²) in [5.74, 6) is -1.50. The number of carbonyl (C=O) groups is 1. The topological polar surface area (TPSA) is 90.8 Å². The molecule has 1 aliphatic carbocycles. The smallest absolute Gasteiger partial charge is 0.262 e. The molecule has 1 saturated carbocycles. The Hall–Kier alpha value is -2.71. The van der Waals surface area contributed by atoms with Crippen molar-refractivity contribution in [3.05, 3.63) is 53.1 Å². The molecule has 1 aliphatic heterocycles. The Morgan fingerprint density at radius 3 is 2.61 bits per heavy atom. The van der Waals surface area contributed by atoms with Crippen LogP contribution in [0.5, 0.6) is 11.5 Å². The summed E-state index contributed by atoms with van der Waals surface area (Å²) in [6.07, 6.45) is 1.16. The van der Waals surface area contributed by atoms with Crippen LogP contribution in [0.3, 0.4) is 0 Å². The largest absolute Gasteiger partial charge is 0.506 e. The van der Waals surface area contributed by atoms with Crippen LogP contribution in [0, 0.1) is 11.6 Å². The number of benzene rings is 2. The normalized spacial score (nSPS) is 18.0. The first-order valence-corrected chi connectivity index (χ1v) is 9.02. The third-order valence-corrected chi connectivity index (χ3v) is 5.13. The van der Waals surface area contributed by atoms with Gasteiger partial charge in [0.2, 0.25) is 0 Å². The maximum absolute atomic E-state index is 13.4. The van der Waals surface area contributed by atoms with Gasteiger partial charge < -0.3 is 25.6 Å². The molecule has 0 radical (unpaired) electrons. The molecule has 1 heterocycles. The summed E-state index contributed by atoms with van der Waals surface area (Å²) in [7, 11) is 0. The second-order valence-electron chi connectivity index (χ2n) is 7.35. The quantitative estimate of drug-likeness (QED) is 0.569. The van der Waals surface area contributed by atoms with E-state index >= 15 is 0 Å². The molecule has 1 atom stereocenters. The predicted molar refractivity (Wildman–Crippen MR) is 97.2 cm³/mol. The number of aliphatic hydroxyl groups is 1. The van der Waals surface area contributed by atoms with E-state index in [-0.39, 0.29) is 41.8 Å². The third kappa shape index (κ3) is 3.79. The first-order chi connectivity index (χ1) is 13.3. The van der Waals surface area contributed by atoms with E-state index in [1.165, 1.54) is 18.2 Å². The average molecular weight is 390 g/mol. The Morgan fingerprint density at radius 2 is 1.93 bits per heavy atom. The van der Waals surface area contributed by atoms with Gasteiger partial charge in [0.25, 0.3) is 5.91 Å². The number of phenolic OH excluding ortho intramolecular Hbond substituents is 1. The van der Waals surface area contributed by atoms with Crippen LogP contribution in [0.15, 0.2) is 30.3 Å². The Morgan fingerprint density at radius 1 is 1.21 bits per heavy atom. The van der Waals surface area contributed by atoms with Gasteiger partial charge in [-0.05, 0) is 49.1 Å². The molecule has 4 N–H and O–H groups in total. The molecule has 1 unspecified atom stereocenters. The molecule has 2 aromatic rings. The highest BCUT2D eigenvalue weighted by Gasteiger charge is 2.42. The minimum Gasteiger partial charge on any atom is -0.506 e. The standard InChI is InChI=1S/C20H20F2N2O4/c21-12-5-11(6-13(22)7-12)8-20(3-4-20)23-9-16(26)14-1-2-15(25)18-19(14)28-10-17(27)24-18/h1-2,5-7,16,23,25-26H,3-4,8-10H2,(H,24,27). The van der Waals surface area contributed by atoms with E-state index in [4.69, 9.17) is 4.74 Å². The molecule has 4 rings (SSSR count). The van der Waals surface area contributed by atoms with Gasteiger partial charge in [0, 0.05) is 23.7 Å². The van der Waals surface area contributed by atoms with E-state index in [1.54, 1.807) is 6.07 Å². The average Bonchev–Trinajstić information content (AvgIpc) is 3.39. The number of β-amino-alcohol motifs (C(OH)–C–C–N with tert-alkyl or cyclic N) is 1. The van der Waals surface area contributed by atoms with Crippen LogP contribution in [-0.4, -0.2) is 34.8 Å². The van der Waals surface area contributed by atoms with Crippen molar-refractivity contribution in [3.8, 4) is 11.5 Å². The number of phenols is 1. The van der Waals surface area contributed by atoms with Gasteiger partial charge in [0.1, 0.15) is 23.1 Å². The van der Waals surface area contributed by atoms with Crippen molar-refractivity contribution in [1.29, 1.82) is 0 Å². The zero-order chi connectivity index (χ0) is 19.9. The highest BCUT2D eigenvalue weighted by atomic mass is 19.1. The van der Waals surface area contributed by atoms with E-state index < -0.39 is 17.7 Å².